The van der Waals surface area contributed by atoms with E-state index in [1.165, 1.54) is 6.08 Å². The van der Waals surface area contributed by atoms with Gasteiger partial charge in [0.1, 0.15) is 18.1 Å². The standard InChI is InChI=1S/C15H25N3O6/c1-4-10(13(20)18-12(8(2)3)15(23)24)17-11(19)7-5-6-9(16)14(21)22/h4,8-10,12H,1,5-7,16H2,2-3H3,(H,17,19)(H,18,20)(H,21,22)(H,23,24)/t9-,10-,12+/m0/s1. The number of hydrogen-bond donors (Lipinski definition) is 5. The molecule has 0 saturated carbocycles. The Morgan fingerprint density at radius 2 is 1.71 bits per heavy atom. The van der Waals surface area contributed by atoms with Gasteiger partial charge in [-0.05, 0) is 18.8 Å². The zero-order chi connectivity index (χ0) is 18.9. The van der Waals surface area contributed by atoms with Crippen molar-refractivity contribution in [2.24, 2.45) is 11.7 Å². The fourth-order valence-electron chi connectivity index (χ4n) is 1.84. The molecule has 0 bridgehead atoms. The maximum atomic E-state index is 12.0. The Hall–Kier alpha value is -2.42. The van der Waals surface area contributed by atoms with E-state index in [0.29, 0.717) is 0 Å². The molecule has 0 radical (unpaired) electrons. The van der Waals surface area contributed by atoms with Gasteiger partial charge in [-0.1, -0.05) is 19.9 Å². The lowest BCUT2D eigenvalue weighted by molar-refractivity contribution is -0.143. The molecule has 2 amide bonds. The van der Waals surface area contributed by atoms with Gasteiger partial charge < -0.3 is 26.6 Å². The van der Waals surface area contributed by atoms with Crippen molar-refractivity contribution < 1.29 is 29.4 Å². The summed E-state index contributed by atoms with van der Waals surface area (Å²) in [5, 5.41) is 22.4. The number of carbonyl (C=O) groups excluding carboxylic acids is 2. The molecule has 0 aromatic heterocycles. The third kappa shape index (κ3) is 7.73. The van der Waals surface area contributed by atoms with Crippen LogP contribution < -0.4 is 16.4 Å². The summed E-state index contributed by atoms with van der Waals surface area (Å²) >= 11 is 0. The highest BCUT2D eigenvalue weighted by molar-refractivity contribution is 5.91. The van der Waals surface area contributed by atoms with Gasteiger partial charge >= 0.3 is 11.9 Å². The summed E-state index contributed by atoms with van der Waals surface area (Å²) in [6.07, 6.45) is 1.55. The second-order valence-corrected chi connectivity index (χ2v) is 5.69. The van der Waals surface area contributed by atoms with Crippen molar-refractivity contribution in [3.05, 3.63) is 12.7 Å². The molecule has 0 saturated heterocycles. The van der Waals surface area contributed by atoms with Crippen molar-refractivity contribution in [2.75, 3.05) is 0 Å². The van der Waals surface area contributed by atoms with Crippen LogP contribution in [0.3, 0.4) is 0 Å². The maximum absolute atomic E-state index is 12.0. The Balaban J connectivity index is 4.50. The second kappa shape index (κ2) is 10.4. The molecular weight excluding hydrogens is 318 g/mol. The molecule has 0 fully saturated rings. The first-order valence-electron chi connectivity index (χ1n) is 7.53. The van der Waals surface area contributed by atoms with Crippen molar-refractivity contribution in [2.45, 2.75) is 51.2 Å². The van der Waals surface area contributed by atoms with E-state index in [1.807, 2.05) is 0 Å². The second-order valence-electron chi connectivity index (χ2n) is 5.69. The molecule has 0 aliphatic heterocycles. The minimum Gasteiger partial charge on any atom is -0.480 e. The first-order chi connectivity index (χ1) is 11.1. The summed E-state index contributed by atoms with van der Waals surface area (Å²) < 4.78 is 0. The summed E-state index contributed by atoms with van der Waals surface area (Å²) in [6, 6.07) is -3.20. The molecule has 0 unspecified atom stereocenters. The van der Waals surface area contributed by atoms with Crippen molar-refractivity contribution in [3.8, 4) is 0 Å². The molecular formula is C15H25N3O6. The number of amides is 2. The van der Waals surface area contributed by atoms with Crippen LogP contribution in [0, 0.1) is 5.92 Å². The van der Waals surface area contributed by atoms with Gasteiger partial charge in [-0.3, -0.25) is 14.4 Å². The van der Waals surface area contributed by atoms with Gasteiger partial charge in [-0.2, -0.15) is 0 Å². The molecule has 3 atom stereocenters. The molecule has 24 heavy (non-hydrogen) atoms. The van der Waals surface area contributed by atoms with E-state index in [4.69, 9.17) is 15.9 Å². The Bertz CT molecular complexity index is 492. The predicted octanol–water partition coefficient (Wildman–Crippen LogP) is -0.535. The number of carboxylic acids is 2. The lowest BCUT2D eigenvalue weighted by Crippen LogP contribution is -2.52. The SMILES string of the molecule is C=C[C@H](NC(=O)CCC[C@H](N)C(=O)O)C(=O)N[C@@H](C(=O)O)C(C)C. The van der Waals surface area contributed by atoms with Gasteiger partial charge in [0.05, 0.1) is 0 Å². The molecule has 0 spiro atoms. The Morgan fingerprint density at radius 3 is 2.12 bits per heavy atom. The number of rotatable bonds is 11. The fourth-order valence-corrected chi connectivity index (χ4v) is 1.84. The lowest BCUT2D eigenvalue weighted by atomic mass is 10.0. The first kappa shape index (κ1) is 21.6. The minimum atomic E-state index is -1.17. The molecule has 0 rings (SSSR count). The summed E-state index contributed by atoms with van der Waals surface area (Å²) in [5.74, 6) is -3.81. The average Bonchev–Trinajstić information content (AvgIpc) is 2.48. The molecule has 0 aliphatic carbocycles. The zero-order valence-corrected chi connectivity index (χ0v) is 13.8. The monoisotopic (exact) mass is 343 g/mol. The van der Waals surface area contributed by atoms with Crippen LogP contribution in [0.15, 0.2) is 12.7 Å². The van der Waals surface area contributed by atoms with Crippen molar-refractivity contribution in [3.63, 3.8) is 0 Å². The van der Waals surface area contributed by atoms with E-state index in [-0.39, 0.29) is 25.2 Å². The molecule has 0 aliphatic rings. The van der Waals surface area contributed by atoms with E-state index in [9.17, 15) is 19.2 Å². The first-order valence-corrected chi connectivity index (χ1v) is 7.53. The zero-order valence-electron chi connectivity index (χ0n) is 13.8. The van der Waals surface area contributed by atoms with E-state index < -0.39 is 41.9 Å². The summed E-state index contributed by atoms with van der Waals surface area (Å²) in [5.41, 5.74) is 5.32. The summed E-state index contributed by atoms with van der Waals surface area (Å²) in [6.45, 7) is 6.73. The smallest absolute Gasteiger partial charge is 0.326 e. The normalized spacial score (nSPS) is 14.3. The Kier molecular flexibility index (Phi) is 9.33. The lowest BCUT2D eigenvalue weighted by Gasteiger charge is -2.21. The summed E-state index contributed by atoms with van der Waals surface area (Å²) in [7, 11) is 0. The molecule has 0 aromatic carbocycles. The number of nitrogens with two attached hydrogens (primary N) is 1. The predicted molar refractivity (Wildman–Crippen MR) is 86.0 cm³/mol. The van der Waals surface area contributed by atoms with E-state index in [1.54, 1.807) is 13.8 Å². The molecule has 0 aromatic rings. The van der Waals surface area contributed by atoms with Gasteiger partial charge in [0.15, 0.2) is 0 Å². The van der Waals surface area contributed by atoms with Crippen LogP contribution in [-0.4, -0.2) is 52.1 Å². The minimum absolute atomic E-state index is 0.00879. The van der Waals surface area contributed by atoms with Gasteiger partial charge in [0.2, 0.25) is 11.8 Å². The van der Waals surface area contributed by atoms with Crippen LogP contribution in [0.4, 0.5) is 0 Å². The third-order valence-electron chi connectivity index (χ3n) is 3.30. The topological polar surface area (TPSA) is 159 Å². The molecule has 9 nitrogen and oxygen atoms in total. The van der Waals surface area contributed by atoms with Crippen molar-refractivity contribution >= 4 is 23.8 Å². The van der Waals surface area contributed by atoms with Crippen LogP contribution in [0.25, 0.3) is 0 Å². The van der Waals surface area contributed by atoms with Crippen molar-refractivity contribution in [1.82, 2.24) is 10.6 Å². The van der Waals surface area contributed by atoms with Crippen LogP contribution >= 0.6 is 0 Å². The number of aliphatic carboxylic acids is 2. The van der Waals surface area contributed by atoms with Gasteiger partial charge in [0.25, 0.3) is 0 Å². The van der Waals surface area contributed by atoms with Crippen LogP contribution in [-0.2, 0) is 19.2 Å². The maximum Gasteiger partial charge on any atom is 0.326 e. The molecule has 9 heteroatoms. The largest absolute Gasteiger partial charge is 0.480 e. The van der Waals surface area contributed by atoms with E-state index in [0.717, 1.165) is 0 Å². The average molecular weight is 343 g/mol. The van der Waals surface area contributed by atoms with Gasteiger partial charge in [-0.25, -0.2) is 4.79 Å². The summed E-state index contributed by atoms with van der Waals surface area (Å²) in [4.78, 5) is 45.5. The van der Waals surface area contributed by atoms with Crippen LogP contribution in [0.1, 0.15) is 33.1 Å². The molecule has 0 heterocycles. The third-order valence-corrected chi connectivity index (χ3v) is 3.30. The number of carbonyl (C=O) groups is 4. The molecule has 136 valence electrons. The van der Waals surface area contributed by atoms with Gasteiger partial charge in [-0.15, -0.1) is 6.58 Å². The Labute approximate surface area is 140 Å². The number of nitrogens with one attached hydrogen (secondary N) is 2. The molecule has 6 N–H and O–H groups in total. The van der Waals surface area contributed by atoms with Crippen LogP contribution in [0.2, 0.25) is 0 Å². The van der Waals surface area contributed by atoms with Crippen LogP contribution in [0.5, 0.6) is 0 Å². The highest BCUT2D eigenvalue weighted by Gasteiger charge is 2.27. The Morgan fingerprint density at radius 1 is 1.12 bits per heavy atom. The van der Waals surface area contributed by atoms with E-state index >= 15 is 0 Å². The fraction of sp³-hybridized carbons (Fsp3) is 0.600. The highest BCUT2D eigenvalue weighted by atomic mass is 16.4. The van der Waals surface area contributed by atoms with Crippen molar-refractivity contribution in [1.29, 1.82) is 0 Å². The van der Waals surface area contributed by atoms with E-state index in [2.05, 4.69) is 17.2 Å². The quantitative estimate of drug-likeness (QED) is 0.315. The number of carboxylic acid groups (broad SMARTS) is 2. The van der Waals surface area contributed by atoms with Gasteiger partial charge in [0, 0.05) is 6.42 Å². The number of hydrogen-bond acceptors (Lipinski definition) is 5. The highest BCUT2D eigenvalue weighted by Crippen LogP contribution is 2.03.